The highest BCUT2D eigenvalue weighted by molar-refractivity contribution is 5.79. The van der Waals surface area contributed by atoms with Gasteiger partial charge in [-0.05, 0) is 88.0 Å². The SMILES string of the molecule is COc1cc(/C=C/c2cc(/C=C/c3cc(OC)cc(OC)c3)cc(/C=C/c3cc(OC)cc(OC)c3)c2)cc(OC)c1. The van der Waals surface area contributed by atoms with E-state index in [4.69, 9.17) is 28.4 Å². The molecule has 0 unspecified atom stereocenters. The van der Waals surface area contributed by atoms with Crippen molar-refractivity contribution in [2.45, 2.75) is 0 Å². The smallest absolute Gasteiger partial charge is 0.123 e. The van der Waals surface area contributed by atoms with E-state index in [1.54, 1.807) is 42.7 Å². The summed E-state index contributed by atoms with van der Waals surface area (Å²) in [7, 11) is 9.87. The highest BCUT2D eigenvalue weighted by Crippen LogP contribution is 2.27. The lowest BCUT2D eigenvalue weighted by molar-refractivity contribution is 0.394. The van der Waals surface area contributed by atoms with Crippen LogP contribution in [0.15, 0.2) is 72.8 Å². The Labute approximate surface area is 248 Å². The molecule has 0 aliphatic heterocycles. The van der Waals surface area contributed by atoms with Gasteiger partial charge in [0.2, 0.25) is 0 Å². The Morgan fingerprint density at radius 1 is 0.262 bits per heavy atom. The van der Waals surface area contributed by atoms with Crippen molar-refractivity contribution in [2.24, 2.45) is 0 Å². The lowest BCUT2D eigenvalue weighted by atomic mass is 10.0. The van der Waals surface area contributed by atoms with Crippen LogP contribution in [0.1, 0.15) is 33.4 Å². The van der Waals surface area contributed by atoms with E-state index < -0.39 is 0 Å². The first kappa shape index (κ1) is 29.9. The van der Waals surface area contributed by atoms with Crippen molar-refractivity contribution in [3.63, 3.8) is 0 Å². The van der Waals surface area contributed by atoms with E-state index in [1.807, 2.05) is 72.8 Å². The van der Waals surface area contributed by atoms with Crippen molar-refractivity contribution >= 4 is 36.5 Å². The molecule has 6 heteroatoms. The average Bonchev–Trinajstić information content (AvgIpc) is 3.04. The lowest BCUT2D eigenvalue weighted by Gasteiger charge is -2.07. The summed E-state index contributed by atoms with van der Waals surface area (Å²) < 4.78 is 32.6. The second kappa shape index (κ2) is 14.5. The van der Waals surface area contributed by atoms with E-state index in [0.29, 0.717) is 0 Å². The molecule has 0 saturated carbocycles. The van der Waals surface area contributed by atoms with Crippen molar-refractivity contribution in [2.75, 3.05) is 42.7 Å². The van der Waals surface area contributed by atoms with E-state index in [-0.39, 0.29) is 0 Å². The van der Waals surface area contributed by atoms with Gasteiger partial charge in [-0.15, -0.1) is 0 Å². The van der Waals surface area contributed by atoms with Gasteiger partial charge in [0.25, 0.3) is 0 Å². The largest absolute Gasteiger partial charge is 0.497 e. The van der Waals surface area contributed by atoms with Gasteiger partial charge in [-0.2, -0.15) is 0 Å². The van der Waals surface area contributed by atoms with Crippen LogP contribution >= 0.6 is 0 Å². The summed E-state index contributed by atoms with van der Waals surface area (Å²) in [6.45, 7) is 0. The third-order valence-corrected chi connectivity index (χ3v) is 6.53. The molecule has 0 heterocycles. The predicted molar refractivity (Wildman–Crippen MR) is 172 cm³/mol. The molecule has 0 aliphatic carbocycles. The van der Waals surface area contributed by atoms with E-state index in [2.05, 4.69) is 36.4 Å². The minimum atomic E-state index is 0.733. The molecule has 6 nitrogen and oxygen atoms in total. The molecule has 0 aliphatic rings. The standard InChI is InChI=1S/C36H36O6/c1-37-31-16-28(17-32(22-31)38-2)10-7-25-13-26(8-11-29-18-33(39-3)23-34(19-29)40-4)15-27(14-25)9-12-30-20-35(41-5)24-36(21-30)42-6/h7-24H,1-6H3/b10-7+,11-8+,12-9+. The molecule has 0 fully saturated rings. The maximum absolute atomic E-state index is 5.43. The summed E-state index contributed by atoms with van der Waals surface area (Å²) in [5.74, 6) is 4.40. The van der Waals surface area contributed by atoms with Crippen LogP contribution in [-0.4, -0.2) is 42.7 Å². The van der Waals surface area contributed by atoms with Crippen LogP contribution in [0.25, 0.3) is 36.5 Å². The number of hydrogen-bond donors (Lipinski definition) is 0. The van der Waals surface area contributed by atoms with Gasteiger partial charge in [0.1, 0.15) is 34.5 Å². The van der Waals surface area contributed by atoms with Gasteiger partial charge in [-0.1, -0.05) is 36.5 Å². The van der Waals surface area contributed by atoms with Crippen molar-refractivity contribution in [1.29, 1.82) is 0 Å². The van der Waals surface area contributed by atoms with Gasteiger partial charge in [0.05, 0.1) is 42.7 Å². The van der Waals surface area contributed by atoms with Gasteiger partial charge in [0.15, 0.2) is 0 Å². The van der Waals surface area contributed by atoms with Gasteiger partial charge in [-0.3, -0.25) is 0 Å². The van der Waals surface area contributed by atoms with Crippen molar-refractivity contribution in [1.82, 2.24) is 0 Å². The summed E-state index contributed by atoms with van der Waals surface area (Å²) >= 11 is 0. The molecule has 4 aromatic carbocycles. The highest BCUT2D eigenvalue weighted by Gasteiger charge is 2.04. The Hall–Kier alpha value is -5.10. The Morgan fingerprint density at radius 3 is 0.595 bits per heavy atom. The van der Waals surface area contributed by atoms with Crippen molar-refractivity contribution in [3.8, 4) is 34.5 Å². The lowest BCUT2D eigenvalue weighted by Crippen LogP contribution is -1.88. The Bertz CT molecular complexity index is 1330. The van der Waals surface area contributed by atoms with Gasteiger partial charge in [0, 0.05) is 18.2 Å². The maximum Gasteiger partial charge on any atom is 0.123 e. The van der Waals surface area contributed by atoms with Crippen molar-refractivity contribution in [3.05, 3.63) is 106 Å². The number of ether oxygens (including phenoxy) is 6. The summed E-state index contributed by atoms with van der Waals surface area (Å²) in [6, 6.07) is 23.8. The zero-order chi connectivity index (χ0) is 29.9. The fourth-order valence-electron chi connectivity index (χ4n) is 4.35. The first-order valence-electron chi connectivity index (χ1n) is 13.3. The van der Waals surface area contributed by atoms with E-state index >= 15 is 0 Å². The fraction of sp³-hybridized carbons (Fsp3) is 0.167. The van der Waals surface area contributed by atoms with Crippen LogP contribution in [0.2, 0.25) is 0 Å². The quantitative estimate of drug-likeness (QED) is 0.162. The fourth-order valence-corrected chi connectivity index (χ4v) is 4.35. The topological polar surface area (TPSA) is 55.4 Å². The van der Waals surface area contributed by atoms with Crippen LogP contribution in [-0.2, 0) is 0 Å². The zero-order valence-electron chi connectivity index (χ0n) is 24.8. The third kappa shape index (κ3) is 8.21. The normalized spacial score (nSPS) is 11.3. The van der Waals surface area contributed by atoms with Gasteiger partial charge in [-0.25, -0.2) is 0 Å². The Kier molecular flexibility index (Phi) is 10.3. The number of rotatable bonds is 12. The second-order valence-electron chi connectivity index (χ2n) is 9.37. The van der Waals surface area contributed by atoms with Crippen molar-refractivity contribution < 1.29 is 28.4 Å². The molecule has 4 rings (SSSR count). The minimum absolute atomic E-state index is 0.733. The van der Waals surface area contributed by atoms with E-state index in [9.17, 15) is 0 Å². The number of hydrogen-bond acceptors (Lipinski definition) is 6. The molecular formula is C36H36O6. The molecule has 42 heavy (non-hydrogen) atoms. The van der Waals surface area contributed by atoms with Crippen LogP contribution in [0.5, 0.6) is 34.5 Å². The first-order chi connectivity index (χ1) is 20.4. The summed E-state index contributed by atoms with van der Waals surface area (Å²) in [5.41, 5.74) is 6.00. The van der Waals surface area contributed by atoms with Crippen LogP contribution in [0.3, 0.4) is 0 Å². The predicted octanol–water partition coefficient (Wildman–Crippen LogP) is 8.25. The number of methoxy groups -OCH3 is 6. The van der Waals surface area contributed by atoms with Gasteiger partial charge < -0.3 is 28.4 Å². The molecule has 0 spiro atoms. The molecule has 0 N–H and O–H groups in total. The summed E-state index contributed by atoms with van der Waals surface area (Å²) in [6.07, 6.45) is 12.4. The monoisotopic (exact) mass is 564 g/mol. The van der Waals surface area contributed by atoms with E-state index in [1.165, 1.54) is 0 Å². The minimum Gasteiger partial charge on any atom is -0.497 e. The third-order valence-electron chi connectivity index (χ3n) is 6.53. The molecule has 0 bridgehead atoms. The molecule has 0 amide bonds. The average molecular weight is 565 g/mol. The molecule has 0 atom stereocenters. The number of benzene rings is 4. The highest BCUT2D eigenvalue weighted by atomic mass is 16.5. The summed E-state index contributed by atoms with van der Waals surface area (Å²) in [5, 5.41) is 0. The van der Waals surface area contributed by atoms with E-state index in [0.717, 1.165) is 67.9 Å². The summed E-state index contributed by atoms with van der Waals surface area (Å²) in [4.78, 5) is 0. The first-order valence-corrected chi connectivity index (χ1v) is 13.3. The Balaban J connectivity index is 1.73. The molecule has 4 aromatic rings. The molecule has 0 saturated heterocycles. The molecular weight excluding hydrogens is 528 g/mol. The van der Waals surface area contributed by atoms with Crippen LogP contribution < -0.4 is 28.4 Å². The molecule has 0 aromatic heterocycles. The maximum atomic E-state index is 5.43. The molecule has 216 valence electrons. The molecule has 0 radical (unpaired) electrons. The zero-order valence-corrected chi connectivity index (χ0v) is 24.8. The Morgan fingerprint density at radius 2 is 0.429 bits per heavy atom. The van der Waals surface area contributed by atoms with Crippen LogP contribution in [0, 0.1) is 0 Å². The van der Waals surface area contributed by atoms with Gasteiger partial charge >= 0.3 is 0 Å². The second-order valence-corrected chi connectivity index (χ2v) is 9.37. The van der Waals surface area contributed by atoms with Crippen LogP contribution in [0.4, 0.5) is 0 Å².